The minimum absolute atomic E-state index is 0.620. The SMILES string of the molecule is CN1CCN(C(=S)NC2CC2)c2ccccc21. The van der Waals surface area contributed by atoms with Crippen molar-refractivity contribution >= 4 is 28.7 Å². The predicted molar refractivity (Wildman–Crippen MR) is 75.8 cm³/mol. The van der Waals surface area contributed by atoms with Crippen LogP contribution >= 0.6 is 12.2 Å². The fourth-order valence-corrected chi connectivity index (χ4v) is 2.55. The van der Waals surface area contributed by atoms with E-state index < -0.39 is 0 Å². The Morgan fingerprint density at radius 1 is 1.24 bits per heavy atom. The molecule has 2 aliphatic rings. The van der Waals surface area contributed by atoms with Gasteiger partial charge in [0, 0.05) is 26.2 Å². The van der Waals surface area contributed by atoms with E-state index in [1.54, 1.807) is 0 Å². The molecule has 1 heterocycles. The summed E-state index contributed by atoms with van der Waals surface area (Å²) in [6.07, 6.45) is 2.52. The van der Waals surface area contributed by atoms with E-state index in [4.69, 9.17) is 12.2 Å². The van der Waals surface area contributed by atoms with Gasteiger partial charge in [-0.3, -0.25) is 0 Å². The van der Waals surface area contributed by atoms with Gasteiger partial charge in [0.05, 0.1) is 11.4 Å². The normalized spacial score (nSPS) is 18.9. The zero-order valence-corrected chi connectivity index (χ0v) is 10.8. The summed E-state index contributed by atoms with van der Waals surface area (Å²) in [6, 6.07) is 9.07. The maximum atomic E-state index is 5.50. The fourth-order valence-electron chi connectivity index (χ4n) is 2.20. The third-order valence-electron chi connectivity index (χ3n) is 3.39. The molecule has 3 nitrogen and oxygen atoms in total. The molecule has 0 radical (unpaired) electrons. The zero-order valence-electron chi connectivity index (χ0n) is 10.0. The average Bonchev–Trinajstić information content (AvgIpc) is 3.14. The number of benzene rings is 1. The van der Waals surface area contributed by atoms with E-state index in [2.05, 4.69) is 46.4 Å². The molecule has 90 valence electrons. The number of hydrogen-bond acceptors (Lipinski definition) is 2. The van der Waals surface area contributed by atoms with E-state index in [9.17, 15) is 0 Å². The van der Waals surface area contributed by atoms with Crippen molar-refractivity contribution in [1.29, 1.82) is 0 Å². The summed E-state index contributed by atoms with van der Waals surface area (Å²) in [5.74, 6) is 0. The monoisotopic (exact) mass is 247 g/mol. The van der Waals surface area contributed by atoms with Gasteiger partial charge in [-0.1, -0.05) is 12.1 Å². The molecular formula is C13H17N3S. The molecule has 1 aliphatic heterocycles. The molecule has 1 aliphatic carbocycles. The van der Waals surface area contributed by atoms with Crippen molar-refractivity contribution in [1.82, 2.24) is 5.32 Å². The van der Waals surface area contributed by atoms with E-state index in [0.29, 0.717) is 6.04 Å². The molecule has 0 atom stereocenters. The van der Waals surface area contributed by atoms with Gasteiger partial charge < -0.3 is 15.1 Å². The third kappa shape index (κ3) is 2.09. The van der Waals surface area contributed by atoms with Crippen molar-refractivity contribution in [3.63, 3.8) is 0 Å². The second kappa shape index (κ2) is 4.18. The van der Waals surface area contributed by atoms with Gasteiger partial charge in [-0.25, -0.2) is 0 Å². The lowest BCUT2D eigenvalue weighted by molar-refractivity contribution is 0.809. The van der Waals surface area contributed by atoms with Crippen molar-refractivity contribution in [3.05, 3.63) is 24.3 Å². The number of anilines is 2. The number of para-hydroxylation sites is 2. The Kier molecular flexibility index (Phi) is 2.67. The molecular weight excluding hydrogens is 230 g/mol. The van der Waals surface area contributed by atoms with Crippen molar-refractivity contribution in [2.24, 2.45) is 0 Å². The summed E-state index contributed by atoms with van der Waals surface area (Å²) in [4.78, 5) is 4.51. The molecule has 3 rings (SSSR count). The van der Waals surface area contributed by atoms with Gasteiger partial charge >= 0.3 is 0 Å². The van der Waals surface area contributed by atoms with Gasteiger partial charge in [0.25, 0.3) is 0 Å². The first-order valence-corrected chi connectivity index (χ1v) is 6.55. The van der Waals surface area contributed by atoms with Crippen LogP contribution in [0.3, 0.4) is 0 Å². The van der Waals surface area contributed by atoms with E-state index >= 15 is 0 Å². The predicted octanol–water partition coefficient (Wildman–Crippen LogP) is 1.98. The quantitative estimate of drug-likeness (QED) is 0.765. The first-order chi connectivity index (χ1) is 8.25. The van der Waals surface area contributed by atoms with E-state index in [1.165, 1.54) is 24.2 Å². The summed E-state index contributed by atoms with van der Waals surface area (Å²) in [5, 5.41) is 4.30. The minimum Gasteiger partial charge on any atom is -0.371 e. The van der Waals surface area contributed by atoms with Crippen LogP contribution in [0.1, 0.15) is 12.8 Å². The molecule has 1 N–H and O–H groups in total. The van der Waals surface area contributed by atoms with Gasteiger partial charge in [0.15, 0.2) is 5.11 Å². The summed E-state index contributed by atoms with van der Waals surface area (Å²) in [5.41, 5.74) is 2.48. The molecule has 0 spiro atoms. The highest BCUT2D eigenvalue weighted by atomic mass is 32.1. The van der Waals surface area contributed by atoms with Gasteiger partial charge in [-0.15, -0.1) is 0 Å². The number of nitrogens with one attached hydrogen (secondary N) is 1. The standard InChI is InChI=1S/C13H17N3S/c1-15-8-9-16(13(17)14-10-6-7-10)12-5-3-2-4-11(12)15/h2-5,10H,6-9H2,1H3,(H,14,17). The second-order valence-corrected chi connectivity index (χ2v) is 5.17. The number of likely N-dealkylation sites (N-methyl/N-ethyl adjacent to an activating group) is 1. The average molecular weight is 247 g/mol. The lowest BCUT2D eigenvalue weighted by Gasteiger charge is -2.37. The maximum absolute atomic E-state index is 5.50. The Bertz CT molecular complexity index is 442. The van der Waals surface area contributed by atoms with Crippen LogP contribution in [0.25, 0.3) is 0 Å². The lowest BCUT2D eigenvalue weighted by atomic mass is 10.2. The summed E-state index contributed by atoms with van der Waals surface area (Å²) in [6.45, 7) is 1.98. The Morgan fingerprint density at radius 2 is 1.94 bits per heavy atom. The van der Waals surface area contributed by atoms with Crippen LogP contribution in [-0.4, -0.2) is 31.3 Å². The second-order valence-electron chi connectivity index (χ2n) is 4.79. The molecule has 1 aromatic carbocycles. The largest absolute Gasteiger partial charge is 0.371 e. The third-order valence-corrected chi connectivity index (χ3v) is 3.73. The molecule has 1 saturated carbocycles. The number of nitrogens with zero attached hydrogens (tertiary/aromatic N) is 2. The summed E-state index contributed by atoms with van der Waals surface area (Å²) < 4.78 is 0. The van der Waals surface area contributed by atoms with Crippen LogP contribution in [0.5, 0.6) is 0 Å². The Balaban J connectivity index is 1.86. The van der Waals surface area contributed by atoms with Crippen LogP contribution in [-0.2, 0) is 0 Å². The van der Waals surface area contributed by atoms with Crippen LogP contribution in [0, 0.1) is 0 Å². The van der Waals surface area contributed by atoms with Gasteiger partial charge in [0.2, 0.25) is 0 Å². The highest BCUT2D eigenvalue weighted by Crippen LogP contribution is 2.32. The van der Waals surface area contributed by atoms with Crippen molar-refractivity contribution < 1.29 is 0 Å². The Hall–Kier alpha value is -1.29. The van der Waals surface area contributed by atoms with Gasteiger partial charge in [0.1, 0.15) is 0 Å². The highest BCUT2D eigenvalue weighted by molar-refractivity contribution is 7.80. The fraction of sp³-hybridized carbons (Fsp3) is 0.462. The first kappa shape index (κ1) is 10.8. The van der Waals surface area contributed by atoms with Gasteiger partial charge in [-0.05, 0) is 37.2 Å². The summed E-state index contributed by atoms with van der Waals surface area (Å²) in [7, 11) is 2.13. The molecule has 0 aromatic heterocycles. The Morgan fingerprint density at radius 3 is 2.65 bits per heavy atom. The van der Waals surface area contributed by atoms with Gasteiger partial charge in [-0.2, -0.15) is 0 Å². The van der Waals surface area contributed by atoms with E-state index in [1.807, 2.05) is 0 Å². The molecule has 17 heavy (non-hydrogen) atoms. The lowest BCUT2D eigenvalue weighted by Crippen LogP contribution is -2.47. The molecule has 1 fully saturated rings. The summed E-state index contributed by atoms with van der Waals surface area (Å²) >= 11 is 5.50. The first-order valence-electron chi connectivity index (χ1n) is 6.14. The molecule has 0 amide bonds. The topological polar surface area (TPSA) is 18.5 Å². The molecule has 4 heteroatoms. The number of hydrogen-bond donors (Lipinski definition) is 1. The highest BCUT2D eigenvalue weighted by Gasteiger charge is 2.27. The van der Waals surface area contributed by atoms with E-state index in [-0.39, 0.29) is 0 Å². The van der Waals surface area contributed by atoms with Crippen LogP contribution in [0.4, 0.5) is 11.4 Å². The molecule has 0 unspecified atom stereocenters. The van der Waals surface area contributed by atoms with E-state index in [0.717, 1.165) is 18.2 Å². The van der Waals surface area contributed by atoms with Crippen molar-refractivity contribution in [2.45, 2.75) is 18.9 Å². The molecule has 0 saturated heterocycles. The van der Waals surface area contributed by atoms with Crippen LogP contribution in [0.2, 0.25) is 0 Å². The number of rotatable bonds is 1. The smallest absolute Gasteiger partial charge is 0.173 e. The van der Waals surface area contributed by atoms with Crippen molar-refractivity contribution in [3.8, 4) is 0 Å². The zero-order chi connectivity index (χ0) is 11.8. The number of thiocarbonyl (C=S) groups is 1. The maximum Gasteiger partial charge on any atom is 0.173 e. The Labute approximate surface area is 107 Å². The van der Waals surface area contributed by atoms with Crippen LogP contribution < -0.4 is 15.1 Å². The number of fused-ring (bicyclic) bond motifs is 1. The van der Waals surface area contributed by atoms with Crippen molar-refractivity contribution in [2.75, 3.05) is 29.9 Å². The molecule has 0 bridgehead atoms. The van der Waals surface area contributed by atoms with Crippen LogP contribution in [0.15, 0.2) is 24.3 Å². The minimum atomic E-state index is 0.620. The molecule has 1 aromatic rings.